The smallest absolute Gasteiger partial charge is 0.226 e. The Balaban J connectivity index is 1.64. The standard InChI is InChI=1S/C13H22N2O/c1-2-15(9-6-7-14-8-9)13(16)12-10-4-3-5-11(10)12/h9-12,14H,2-8H2,1H3. The van der Waals surface area contributed by atoms with Crippen molar-refractivity contribution in [2.75, 3.05) is 19.6 Å². The van der Waals surface area contributed by atoms with Crippen LogP contribution < -0.4 is 5.32 Å². The van der Waals surface area contributed by atoms with Gasteiger partial charge in [0.1, 0.15) is 0 Å². The topological polar surface area (TPSA) is 32.3 Å². The van der Waals surface area contributed by atoms with E-state index in [-0.39, 0.29) is 0 Å². The highest BCUT2D eigenvalue weighted by Gasteiger charge is 2.57. The van der Waals surface area contributed by atoms with Crippen LogP contribution in [0.5, 0.6) is 0 Å². The average Bonchev–Trinajstić information content (AvgIpc) is 2.77. The number of carbonyl (C=O) groups excluding carboxylic acids is 1. The van der Waals surface area contributed by atoms with Crippen LogP contribution in [0.3, 0.4) is 0 Å². The zero-order valence-corrected chi connectivity index (χ0v) is 10.1. The van der Waals surface area contributed by atoms with E-state index in [2.05, 4.69) is 17.1 Å². The molecule has 3 rings (SSSR count). The maximum atomic E-state index is 12.4. The van der Waals surface area contributed by atoms with Crippen LogP contribution in [0.1, 0.15) is 32.6 Å². The van der Waals surface area contributed by atoms with Gasteiger partial charge in [-0.3, -0.25) is 4.79 Å². The highest BCUT2D eigenvalue weighted by molar-refractivity contribution is 5.83. The summed E-state index contributed by atoms with van der Waals surface area (Å²) in [6.07, 6.45) is 5.11. The molecule has 0 radical (unpaired) electrons. The molecule has 3 unspecified atom stereocenters. The minimum Gasteiger partial charge on any atom is -0.338 e. The number of rotatable bonds is 3. The van der Waals surface area contributed by atoms with E-state index in [9.17, 15) is 4.79 Å². The Kier molecular flexibility index (Phi) is 2.66. The SMILES string of the molecule is CCN(C(=O)C1C2CCCC21)C1CCNC1. The molecule has 3 nitrogen and oxygen atoms in total. The van der Waals surface area contributed by atoms with Crippen LogP contribution in [-0.2, 0) is 4.79 Å². The summed E-state index contributed by atoms with van der Waals surface area (Å²) in [5, 5.41) is 3.36. The van der Waals surface area contributed by atoms with Crippen LogP contribution >= 0.6 is 0 Å². The summed E-state index contributed by atoms with van der Waals surface area (Å²) in [4.78, 5) is 14.6. The summed E-state index contributed by atoms with van der Waals surface area (Å²) >= 11 is 0. The van der Waals surface area contributed by atoms with Crippen molar-refractivity contribution in [3.05, 3.63) is 0 Å². The number of amides is 1. The first-order valence-electron chi connectivity index (χ1n) is 6.84. The maximum absolute atomic E-state index is 12.4. The van der Waals surface area contributed by atoms with E-state index in [1.54, 1.807) is 0 Å². The Hall–Kier alpha value is -0.570. The third-order valence-corrected chi connectivity index (χ3v) is 4.79. The van der Waals surface area contributed by atoms with Gasteiger partial charge in [-0.25, -0.2) is 0 Å². The third kappa shape index (κ3) is 1.56. The monoisotopic (exact) mass is 222 g/mol. The molecule has 3 fully saturated rings. The number of nitrogens with zero attached hydrogens (tertiary/aromatic N) is 1. The van der Waals surface area contributed by atoms with Gasteiger partial charge >= 0.3 is 0 Å². The second-order valence-corrected chi connectivity index (χ2v) is 5.56. The molecule has 1 amide bonds. The molecule has 1 heterocycles. The Morgan fingerprint density at radius 3 is 2.62 bits per heavy atom. The Morgan fingerprint density at radius 1 is 1.31 bits per heavy atom. The summed E-state index contributed by atoms with van der Waals surface area (Å²) in [5.74, 6) is 2.40. The lowest BCUT2D eigenvalue weighted by Crippen LogP contribution is -2.42. The molecule has 0 aromatic carbocycles. The van der Waals surface area contributed by atoms with Crippen LogP contribution in [0.15, 0.2) is 0 Å². The lowest BCUT2D eigenvalue weighted by Gasteiger charge is -2.28. The molecular weight excluding hydrogens is 200 g/mol. The Morgan fingerprint density at radius 2 is 2.06 bits per heavy atom. The molecule has 0 aromatic heterocycles. The van der Waals surface area contributed by atoms with Crippen molar-refractivity contribution in [3.8, 4) is 0 Å². The Bertz CT molecular complexity index is 276. The summed E-state index contributed by atoms with van der Waals surface area (Å²) in [6, 6.07) is 0.471. The molecule has 1 aliphatic heterocycles. The van der Waals surface area contributed by atoms with E-state index in [4.69, 9.17) is 0 Å². The highest BCUT2D eigenvalue weighted by atomic mass is 16.2. The number of hydrogen-bond acceptors (Lipinski definition) is 2. The van der Waals surface area contributed by atoms with Crippen LogP contribution in [0.25, 0.3) is 0 Å². The summed E-state index contributed by atoms with van der Waals surface area (Å²) in [7, 11) is 0. The molecule has 0 spiro atoms. The molecular formula is C13H22N2O. The van der Waals surface area contributed by atoms with Crippen molar-refractivity contribution in [1.29, 1.82) is 0 Å². The van der Waals surface area contributed by atoms with E-state index >= 15 is 0 Å². The van der Waals surface area contributed by atoms with Gasteiger partial charge in [-0.05, 0) is 44.6 Å². The van der Waals surface area contributed by atoms with E-state index < -0.39 is 0 Å². The normalized spacial score (nSPS) is 40.8. The molecule has 16 heavy (non-hydrogen) atoms. The minimum absolute atomic E-state index is 0.411. The summed E-state index contributed by atoms with van der Waals surface area (Å²) < 4.78 is 0. The zero-order valence-electron chi connectivity index (χ0n) is 10.1. The van der Waals surface area contributed by atoms with Crippen molar-refractivity contribution >= 4 is 5.91 Å². The fraction of sp³-hybridized carbons (Fsp3) is 0.923. The molecule has 3 atom stereocenters. The van der Waals surface area contributed by atoms with Crippen molar-refractivity contribution < 1.29 is 4.79 Å². The molecule has 1 saturated heterocycles. The minimum atomic E-state index is 0.411. The molecule has 0 aromatic rings. The molecule has 1 N–H and O–H groups in total. The van der Waals surface area contributed by atoms with Gasteiger partial charge < -0.3 is 10.2 Å². The van der Waals surface area contributed by atoms with E-state index in [0.29, 0.717) is 17.9 Å². The largest absolute Gasteiger partial charge is 0.338 e. The first-order chi connectivity index (χ1) is 7.83. The predicted octanol–water partition coefficient (Wildman–Crippen LogP) is 1.24. The van der Waals surface area contributed by atoms with E-state index in [1.807, 2.05) is 0 Å². The van der Waals surface area contributed by atoms with Gasteiger partial charge in [-0.2, -0.15) is 0 Å². The predicted molar refractivity (Wildman–Crippen MR) is 63.0 cm³/mol. The van der Waals surface area contributed by atoms with Crippen LogP contribution in [0.2, 0.25) is 0 Å². The number of likely N-dealkylation sites (N-methyl/N-ethyl adjacent to an activating group) is 1. The number of fused-ring (bicyclic) bond motifs is 1. The van der Waals surface area contributed by atoms with Crippen LogP contribution in [-0.4, -0.2) is 36.5 Å². The molecule has 90 valence electrons. The lowest BCUT2D eigenvalue weighted by atomic mass is 10.1. The van der Waals surface area contributed by atoms with Crippen molar-refractivity contribution in [3.63, 3.8) is 0 Å². The molecule has 3 heteroatoms. The van der Waals surface area contributed by atoms with Gasteiger partial charge in [0.25, 0.3) is 0 Å². The van der Waals surface area contributed by atoms with Crippen molar-refractivity contribution in [2.45, 2.75) is 38.6 Å². The first kappa shape index (κ1) is 10.6. The molecule has 2 saturated carbocycles. The van der Waals surface area contributed by atoms with Crippen molar-refractivity contribution in [2.24, 2.45) is 17.8 Å². The van der Waals surface area contributed by atoms with E-state index in [0.717, 1.165) is 37.9 Å². The van der Waals surface area contributed by atoms with Crippen molar-refractivity contribution in [1.82, 2.24) is 10.2 Å². The van der Waals surface area contributed by atoms with Crippen LogP contribution in [0.4, 0.5) is 0 Å². The first-order valence-corrected chi connectivity index (χ1v) is 6.84. The number of nitrogens with one attached hydrogen (secondary N) is 1. The summed E-state index contributed by atoms with van der Waals surface area (Å²) in [5.41, 5.74) is 0. The second-order valence-electron chi connectivity index (χ2n) is 5.56. The lowest BCUT2D eigenvalue weighted by molar-refractivity contribution is -0.135. The van der Waals surface area contributed by atoms with Gasteiger partial charge in [-0.1, -0.05) is 6.42 Å². The highest BCUT2D eigenvalue weighted by Crippen LogP contribution is 2.58. The van der Waals surface area contributed by atoms with Gasteiger partial charge in [0, 0.05) is 25.0 Å². The fourth-order valence-corrected chi connectivity index (χ4v) is 3.88. The number of hydrogen-bond donors (Lipinski definition) is 1. The quantitative estimate of drug-likeness (QED) is 0.779. The second kappa shape index (κ2) is 4.02. The summed E-state index contributed by atoms with van der Waals surface area (Å²) in [6.45, 7) is 5.09. The number of carbonyl (C=O) groups is 1. The van der Waals surface area contributed by atoms with Gasteiger partial charge in [-0.15, -0.1) is 0 Å². The Labute approximate surface area is 97.6 Å². The molecule has 0 bridgehead atoms. The van der Waals surface area contributed by atoms with Gasteiger partial charge in [0.2, 0.25) is 5.91 Å². The van der Waals surface area contributed by atoms with E-state index in [1.165, 1.54) is 19.3 Å². The molecule has 3 aliphatic rings. The fourth-order valence-electron chi connectivity index (χ4n) is 3.88. The average molecular weight is 222 g/mol. The van der Waals surface area contributed by atoms with Crippen LogP contribution in [0, 0.1) is 17.8 Å². The zero-order chi connectivity index (χ0) is 11.1. The molecule has 2 aliphatic carbocycles. The third-order valence-electron chi connectivity index (χ3n) is 4.79. The van der Waals surface area contributed by atoms with Gasteiger partial charge in [0.15, 0.2) is 0 Å². The maximum Gasteiger partial charge on any atom is 0.226 e. The van der Waals surface area contributed by atoms with Gasteiger partial charge in [0.05, 0.1) is 0 Å².